The van der Waals surface area contributed by atoms with Gasteiger partial charge in [0, 0.05) is 18.1 Å². The fraction of sp³-hybridized carbons (Fsp3) is 0.143. The van der Waals surface area contributed by atoms with Gasteiger partial charge in [0.15, 0.2) is 0 Å². The Hall–Kier alpha value is -3.34. The average Bonchev–Trinajstić information content (AvgIpc) is 2.71. The van der Waals surface area contributed by atoms with Gasteiger partial charge in [0.05, 0.1) is 25.0 Å². The van der Waals surface area contributed by atoms with Gasteiger partial charge in [0.2, 0.25) is 0 Å². The number of carbonyl (C=O) groups excluding carboxylic acids is 1. The molecular weight excluding hydrogens is 330 g/mol. The fourth-order valence-corrected chi connectivity index (χ4v) is 3.02. The van der Waals surface area contributed by atoms with Crippen molar-refractivity contribution >= 4 is 22.5 Å². The van der Waals surface area contributed by atoms with E-state index in [-0.39, 0.29) is 0 Å². The van der Waals surface area contributed by atoms with Gasteiger partial charge in [-0.3, -0.25) is 0 Å². The topological polar surface area (TPSA) is 57.1 Å². The molecule has 0 spiro atoms. The minimum atomic E-state index is -0.476. The third-order valence-electron chi connectivity index (χ3n) is 4.34. The Bertz CT molecular complexity index is 1000. The van der Waals surface area contributed by atoms with Crippen LogP contribution in [0, 0.1) is 0 Å². The molecule has 0 aromatic heterocycles. The van der Waals surface area contributed by atoms with Crippen LogP contribution in [-0.4, -0.2) is 25.4 Å². The van der Waals surface area contributed by atoms with Gasteiger partial charge in [-0.25, -0.2) is 4.79 Å². The molecule has 26 heavy (non-hydrogen) atoms. The second kappa shape index (κ2) is 6.88. The first kappa shape index (κ1) is 16.1. The number of oxime groups is 1. The van der Waals surface area contributed by atoms with Crippen molar-refractivity contribution in [3.05, 3.63) is 71.8 Å². The second-order valence-corrected chi connectivity index (χ2v) is 5.90. The lowest BCUT2D eigenvalue weighted by molar-refractivity contribution is 0.0517. The number of ether oxygens (including phenoxy) is 2. The normalized spacial score (nSPS) is 14.6. The van der Waals surface area contributed by atoms with Crippen molar-refractivity contribution < 1.29 is 19.1 Å². The van der Waals surface area contributed by atoms with E-state index in [4.69, 9.17) is 14.3 Å². The van der Waals surface area contributed by atoms with Gasteiger partial charge in [0.1, 0.15) is 11.5 Å². The largest absolute Gasteiger partial charge is 0.497 e. The molecule has 5 heteroatoms. The van der Waals surface area contributed by atoms with Crippen molar-refractivity contribution in [3.8, 4) is 11.5 Å². The molecule has 0 unspecified atom stereocenters. The Morgan fingerprint density at radius 3 is 2.81 bits per heavy atom. The minimum absolute atomic E-state index is 0.476. The number of rotatable bonds is 3. The summed E-state index contributed by atoms with van der Waals surface area (Å²) >= 11 is 0. The van der Waals surface area contributed by atoms with Crippen LogP contribution in [0.15, 0.2) is 65.8 Å². The Kier molecular flexibility index (Phi) is 4.27. The zero-order valence-electron chi connectivity index (χ0n) is 14.3. The fourth-order valence-electron chi connectivity index (χ4n) is 3.02. The summed E-state index contributed by atoms with van der Waals surface area (Å²) in [6, 6.07) is 18.7. The van der Waals surface area contributed by atoms with Crippen LogP contribution in [0.5, 0.6) is 11.5 Å². The molecule has 1 heterocycles. The first-order valence-corrected chi connectivity index (χ1v) is 8.33. The van der Waals surface area contributed by atoms with Crippen LogP contribution in [0.2, 0.25) is 0 Å². The molecule has 1 aliphatic heterocycles. The van der Waals surface area contributed by atoms with Crippen LogP contribution in [0.25, 0.3) is 10.8 Å². The molecule has 0 saturated heterocycles. The highest BCUT2D eigenvalue weighted by Crippen LogP contribution is 2.29. The number of hydrogen-bond donors (Lipinski definition) is 0. The lowest BCUT2D eigenvalue weighted by Crippen LogP contribution is -2.17. The van der Waals surface area contributed by atoms with Crippen molar-refractivity contribution in [3.63, 3.8) is 0 Å². The summed E-state index contributed by atoms with van der Waals surface area (Å²) in [4.78, 5) is 17.8. The van der Waals surface area contributed by atoms with Gasteiger partial charge in [-0.15, -0.1) is 0 Å². The van der Waals surface area contributed by atoms with Crippen LogP contribution >= 0.6 is 0 Å². The Morgan fingerprint density at radius 2 is 1.92 bits per heavy atom. The van der Waals surface area contributed by atoms with E-state index in [1.165, 1.54) is 0 Å². The zero-order chi connectivity index (χ0) is 17.9. The molecule has 0 fully saturated rings. The van der Waals surface area contributed by atoms with E-state index in [1.807, 2.05) is 48.5 Å². The first-order chi connectivity index (χ1) is 12.8. The third kappa shape index (κ3) is 2.99. The van der Waals surface area contributed by atoms with Crippen LogP contribution in [-0.2, 0) is 4.84 Å². The van der Waals surface area contributed by atoms with E-state index >= 15 is 0 Å². The monoisotopic (exact) mass is 347 g/mol. The maximum atomic E-state index is 12.5. The van der Waals surface area contributed by atoms with E-state index in [2.05, 4.69) is 5.16 Å². The van der Waals surface area contributed by atoms with Crippen LogP contribution in [0.3, 0.4) is 0 Å². The molecule has 4 rings (SSSR count). The van der Waals surface area contributed by atoms with Gasteiger partial charge in [0.25, 0.3) is 0 Å². The van der Waals surface area contributed by atoms with E-state index in [1.54, 1.807) is 19.2 Å². The highest BCUT2D eigenvalue weighted by atomic mass is 16.7. The molecule has 0 N–H and O–H groups in total. The molecule has 130 valence electrons. The van der Waals surface area contributed by atoms with Crippen molar-refractivity contribution in [2.75, 3.05) is 13.7 Å². The lowest BCUT2D eigenvalue weighted by atomic mass is 10.0. The number of nitrogens with zero attached hydrogens (tertiary/aromatic N) is 1. The van der Waals surface area contributed by atoms with Crippen molar-refractivity contribution in [2.45, 2.75) is 6.42 Å². The smallest absolute Gasteiger partial charge is 0.366 e. The predicted octanol–water partition coefficient (Wildman–Crippen LogP) is 4.19. The van der Waals surface area contributed by atoms with Gasteiger partial charge in [-0.1, -0.05) is 41.6 Å². The van der Waals surface area contributed by atoms with Crippen LogP contribution < -0.4 is 9.47 Å². The minimum Gasteiger partial charge on any atom is -0.497 e. The maximum Gasteiger partial charge on any atom is 0.366 e. The molecule has 0 aliphatic carbocycles. The van der Waals surface area contributed by atoms with Gasteiger partial charge >= 0.3 is 5.97 Å². The lowest BCUT2D eigenvalue weighted by Gasteiger charge is -2.19. The summed E-state index contributed by atoms with van der Waals surface area (Å²) in [5, 5.41) is 5.94. The molecule has 3 aromatic carbocycles. The quantitative estimate of drug-likeness (QED) is 0.526. The van der Waals surface area contributed by atoms with Gasteiger partial charge in [-0.2, -0.15) is 0 Å². The summed E-state index contributed by atoms with van der Waals surface area (Å²) in [6.45, 7) is 0.477. The average molecular weight is 347 g/mol. The standard InChI is InChI=1S/C21H17NO4/c1-24-15-9-10-18-19(11-12-25-20(18)13-15)22-26-21(23)17-8-4-6-14-5-2-3-7-16(14)17/h2-10,13H,11-12H2,1H3/b22-19+. The number of fused-ring (bicyclic) bond motifs is 2. The highest BCUT2D eigenvalue weighted by molar-refractivity contribution is 6.06. The molecular formula is C21H17NO4. The van der Waals surface area contributed by atoms with Crippen LogP contribution in [0.1, 0.15) is 22.3 Å². The molecule has 0 saturated carbocycles. The highest BCUT2D eigenvalue weighted by Gasteiger charge is 2.19. The SMILES string of the molecule is COc1ccc2c(c1)OCC/C2=N\OC(=O)c1cccc2ccccc12. The number of carbonyl (C=O) groups is 1. The molecule has 0 atom stereocenters. The third-order valence-corrected chi connectivity index (χ3v) is 4.34. The zero-order valence-corrected chi connectivity index (χ0v) is 14.3. The molecule has 0 amide bonds. The summed E-state index contributed by atoms with van der Waals surface area (Å²) in [5.41, 5.74) is 1.99. The first-order valence-electron chi connectivity index (χ1n) is 8.33. The second-order valence-electron chi connectivity index (χ2n) is 5.90. The Balaban J connectivity index is 1.62. The Morgan fingerprint density at radius 1 is 1.08 bits per heavy atom. The van der Waals surface area contributed by atoms with E-state index in [9.17, 15) is 4.79 Å². The summed E-state index contributed by atoms with van der Waals surface area (Å²) < 4.78 is 10.9. The van der Waals surface area contributed by atoms with Gasteiger partial charge < -0.3 is 14.3 Å². The summed E-state index contributed by atoms with van der Waals surface area (Å²) in [5.74, 6) is 0.907. The number of methoxy groups -OCH3 is 1. The van der Waals surface area contributed by atoms with E-state index in [0.29, 0.717) is 35.8 Å². The van der Waals surface area contributed by atoms with E-state index in [0.717, 1.165) is 16.3 Å². The molecule has 3 aromatic rings. The predicted molar refractivity (Wildman–Crippen MR) is 99.0 cm³/mol. The number of hydrogen-bond acceptors (Lipinski definition) is 5. The Labute approximate surface area is 150 Å². The van der Waals surface area contributed by atoms with Crippen molar-refractivity contribution in [1.29, 1.82) is 0 Å². The van der Waals surface area contributed by atoms with Crippen LogP contribution in [0.4, 0.5) is 0 Å². The van der Waals surface area contributed by atoms with E-state index < -0.39 is 5.97 Å². The molecule has 5 nitrogen and oxygen atoms in total. The molecule has 1 aliphatic rings. The van der Waals surface area contributed by atoms with Gasteiger partial charge in [-0.05, 0) is 29.0 Å². The number of benzene rings is 3. The van der Waals surface area contributed by atoms with Crippen molar-refractivity contribution in [1.82, 2.24) is 0 Å². The summed E-state index contributed by atoms with van der Waals surface area (Å²) in [7, 11) is 1.60. The molecule has 0 radical (unpaired) electrons. The summed E-state index contributed by atoms with van der Waals surface area (Å²) in [6.07, 6.45) is 0.572. The van der Waals surface area contributed by atoms with Crippen molar-refractivity contribution in [2.24, 2.45) is 5.16 Å². The maximum absolute atomic E-state index is 12.5. The molecule has 0 bridgehead atoms.